The molecule has 25 heavy (non-hydrogen) atoms. The van der Waals surface area contributed by atoms with Crippen molar-refractivity contribution >= 4 is 47.2 Å². The van der Waals surface area contributed by atoms with E-state index in [1.165, 1.54) is 5.69 Å². The van der Waals surface area contributed by atoms with Crippen molar-refractivity contribution in [2.75, 3.05) is 64.4 Å². The molecule has 2 N–H and O–H groups in total. The molecule has 1 unspecified atom stereocenters. The molecule has 0 bridgehead atoms. The van der Waals surface area contributed by atoms with Crippen LogP contribution in [0.3, 0.4) is 0 Å². The first-order valence-corrected chi connectivity index (χ1v) is 8.85. The Morgan fingerprint density at radius 2 is 1.88 bits per heavy atom. The van der Waals surface area contributed by atoms with Crippen molar-refractivity contribution in [1.82, 2.24) is 9.80 Å². The number of benzene rings is 1. The van der Waals surface area contributed by atoms with E-state index in [0.717, 1.165) is 50.9 Å². The molecule has 0 radical (unpaired) electrons. The van der Waals surface area contributed by atoms with Crippen molar-refractivity contribution in [1.29, 1.82) is 0 Å². The van der Waals surface area contributed by atoms with E-state index in [4.69, 9.17) is 22.1 Å². The van der Waals surface area contributed by atoms with E-state index in [2.05, 4.69) is 38.9 Å². The fourth-order valence-electron chi connectivity index (χ4n) is 3.12. The van der Waals surface area contributed by atoms with Crippen LogP contribution in [-0.2, 0) is 4.74 Å². The number of guanidine groups is 1. The van der Waals surface area contributed by atoms with E-state index in [0.29, 0.717) is 12.5 Å². The molecule has 3 rings (SSSR count). The number of hydrogen-bond donors (Lipinski definition) is 1. The number of halogens is 2. The second-order valence-corrected chi connectivity index (χ2v) is 6.84. The van der Waals surface area contributed by atoms with Crippen molar-refractivity contribution in [3.63, 3.8) is 0 Å². The summed E-state index contributed by atoms with van der Waals surface area (Å²) in [5.41, 5.74) is 7.38. The molecule has 1 aromatic carbocycles. The zero-order valence-corrected chi connectivity index (χ0v) is 17.7. The summed E-state index contributed by atoms with van der Waals surface area (Å²) in [5.74, 6) is 0.627. The van der Waals surface area contributed by atoms with Crippen molar-refractivity contribution < 1.29 is 4.74 Å². The SMILES string of the molecule is CN1CCOC(CN=C(N)N2CCN(c3ccc(Cl)cc3)CC2)C1.I. The molecule has 1 atom stereocenters. The Morgan fingerprint density at radius 1 is 1.20 bits per heavy atom. The molecule has 2 saturated heterocycles. The molecule has 2 aliphatic heterocycles. The number of likely N-dealkylation sites (N-methyl/N-ethyl adjacent to an activating group) is 1. The molecule has 0 aliphatic carbocycles. The third-order valence-corrected chi connectivity index (χ3v) is 4.85. The van der Waals surface area contributed by atoms with Gasteiger partial charge in [0.1, 0.15) is 0 Å². The van der Waals surface area contributed by atoms with Crippen LogP contribution < -0.4 is 10.6 Å². The van der Waals surface area contributed by atoms with Gasteiger partial charge in [0.15, 0.2) is 5.96 Å². The normalized spacial score (nSPS) is 22.6. The molecular weight excluding hydrogens is 453 g/mol. The molecule has 2 heterocycles. The first-order valence-electron chi connectivity index (χ1n) is 8.47. The average Bonchev–Trinajstić information content (AvgIpc) is 2.61. The number of hydrogen-bond acceptors (Lipinski definition) is 4. The fourth-order valence-corrected chi connectivity index (χ4v) is 3.24. The van der Waals surface area contributed by atoms with Crippen LogP contribution in [-0.4, -0.2) is 81.3 Å². The Balaban J connectivity index is 0.00000225. The lowest BCUT2D eigenvalue weighted by molar-refractivity contribution is -0.0137. The highest BCUT2D eigenvalue weighted by atomic mass is 127. The Labute approximate surface area is 172 Å². The summed E-state index contributed by atoms with van der Waals surface area (Å²) < 4.78 is 5.73. The maximum Gasteiger partial charge on any atom is 0.191 e. The monoisotopic (exact) mass is 479 g/mol. The first-order chi connectivity index (χ1) is 11.6. The molecule has 2 fully saturated rings. The Bertz CT molecular complexity index is 563. The predicted octanol–water partition coefficient (Wildman–Crippen LogP) is 1.73. The minimum atomic E-state index is 0. The predicted molar refractivity (Wildman–Crippen MR) is 114 cm³/mol. The van der Waals surface area contributed by atoms with E-state index in [-0.39, 0.29) is 30.1 Å². The minimum Gasteiger partial charge on any atom is -0.374 e. The van der Waals surface area contributed by atoms with Crippen LogP contribution in [0.4, 0.5) is 5.69 Å². The van der Waals surface area contributed by atoms with Gasteiger partial charge in [0.2, 0.25) is 0 Å². The van der Waals surface area contributed by atoms with Gasteiger partial charge in [-0.05, 0) is 31.3 Å². The van der Waals surface area contributed by atoms with Crippen LogP contribution in [0.1, 0.15) is 0 Å². The summed E-state index contributed by atoms with van der Waals surface area (Å²) in [6.07, 6.45) is 0.151. The quantitative estimate of drug-likeness (QED) is 0.406. The zero-order chi connectivity index (χ0) is 16.9. The van der Waals surface area contributed by atoms with E-state index >= 15 is 0 Å². The lowest BCUT2D eigenvalue weighted by Gasteiger charge is -2.37. The third-order valence-electron chi connectivity index (χ3n) is 4.59. The average molecular weight is 480 g/mol. The van der Waals surface area contributed by atoms with Gasteiger partial charge >= 0.3 is 0 Å². The van der Waals surface area contributed by atoms with E-state index in [1.54, 1.807) is 0 Å². The highest BCUT2D eigenvalue weighted by Crippen LogP contribution is 2.19. The van der Waals surface area contributed by atoms with Gasteiger partial charge in [-0.25, -0.2) is 0 Å². The topological polar surface area (TPSA) is 57.3 Å². The number of aliphatic imine (C=N–C) groups is 1. The molecule has 8 heteroatoms. The number of anilines is 1. The van der Waals surface area contributed by atoms with Crippen LogP contribution in [0.2, 0.25) is 5.02 Å². The molecule has 1 aromatic rings. The standard InChI is InChI=1S/C17H26ClN5O.HI/c1-21-10-11-24-16(13-21)12-20-17(19)23-8-6-22(7-9-23)15-4-2-14(18)3-5-15;/h2-5,16H,6-13H2,1H3,(H2,19,20);1H. The molecule has 0 saturated carbocycles. The van der Waals surface area contributed by atoms with Gasteiger partial charge in [0.05, 0.1) is 19.3 Å². The summed E-state index contributed by atoms with van der Waals surface area (Å²) in [4.78, 5) is 11.3. The highest BCUT2D eigenvalue weighted by molar-refractivity contribution is 14.0. The van der Waals surface area contributed by atoms with E-state index in [9.17, 15) is 0 Å². The van der Waals surface area contributed by atoms with Crippen LogP contribution in [0.25, 0.3) is 0 Å². The molecule has 0 spiro atoms. The van der Waals surface area contributed by atoms with Gasteiger partial charge < -0.3 is 25.2 Å². The Hall–Kier alpha value is -0.770. The van der Waals surface area contributed by atoms with Crippen LogP contribution >= 0.6 is 35.6 Å². The van der Waals surface area contributed by atoms with Gasteiger partial charge in [0, 0.05) is 50.0 Å². The first kappa shape index (κ1) is 20.5. The molecule has 0 amide bonds. The maximum atomic E-state index is 6.18. The zero-order valence-electron chi connectivity index (χ0n) is 14.6. The van der Waals surface area contributed by atoms with Crippen molar-refractivity contribution in [3.8, 4) is 0 Å². The maximum absolute atomic E-state index is 6.18. The summed E-state index contributed by atoms with van der Waals surface area (Å²) in [5, 5.41) is 0.768. The molecule has 0 aromatic heterocycles. The molecule has 2 aliphatic rings. The third kappa shape index (κ3) is 5.87. The number of morpholine rings is 1. The smallest absolute Gasteiger partial charge is 0.191 e. The number of piperazine rings is 1. The summed E-state index contributed by atoms with van der Waals surface area (Å²) in [6.45, 7) is 6.93. The summed E-state index contributed by atoms with van der Waals surface area (Å²) in [6, 6.07) is 7.99. The van der Waals surface area contributed by atoms with Crippen molar-refractivity contribution in [2.45, 2.75) is 6.10 Å². The Kier molecular flexibility index (Phi) is 8.05. The number of rotatable bonds is 3. The molecular formula is C17H27ClIN5O. The van der Waals surface area contributed by atoms with Gasteiger partial charge in [-0.1, -0.05) is 11.6 Å². The van der Waals surface area contributed by atoms with E-state index in [1.807, 2.05) is 12.1 Å². The molecule has 140 valence electrons. The van der Waals surface area contributed by atoms with Crippen LogP contribution in [0.5, 0.6) is 0 Å². The number of ether oxygens (including phenoxy) is 1. The lowest BCUT2D eigenvalue weighted by Crippen LogP contribution is -2.51. The Morgan fingerprint density at radius 3 is 2.52 bits per heavy atom. The van der Waals surface area contributed by atoms with Crippen molar-refractivity contribution in [3.05, 3.63) is 29.3 Å². The summed E-state index contributed by atoms with van der Waals surface area (Å²) in [7, 11) is 2.11. The highest BCUT2D eigenvalue weighted by Gasteiger charge is 2.20. The molecule has 6 nitrogen and oxygen atoms in total. The summed E-state index contributed by atoms with van der Waals surface area (Å²) >= 11 is 5.95. The van der Waals surface area contributed by atoms with Gasteiger partial charge in [-0.15, -0.1) is 24.0 Å². The largest absolute Gasteiger partial charge is 0.374 e. The second kappa shape index (κ2) is 9.80. The van der Waals surface area contributed by atoms with Crippen LogP contribution in [0, 0.1) is 0 Å². The van der Waals surface area contributed by atoms with Crippen LogP contribution in [0.15, 0.2) is 29.3 Å². The van der Waals surface area contributed by atoms with Gasteiger partial charge in [-0.3, -0.25) is 4.99 Å². The van der Waals surface area contributed by atoms with Crippen molar-refractivity contribution in [2.24, 2.45) is 10.7 Å². The van der Waals surface area contributed by atoms with Gasteiger partial charge in [-0.2, -0.15) is 0 Å². The lowest BCUT2D eigenvalue weighted by atomic mass is 10.2. The van der Waals surface area contributed by atoms with Gasteiger partial charge in [0.25, 0.3) is 0 Å². The number of nitrogens with zero attached hydrogens (tertiary/aromatic N) is 4. The fraction of sp³-hybridized carbons (Fsp3) is 0.588. The minimum absolute atomic E-state index is 0. The second-order valence-electron chi connectivity index (χ2n) is 6.40. The van der Waals surface area contributed by atoms with E-state index < -0.39 is 0 Å². The number of nitrogens with two attached hydrogens (primary N) is 1.